The van der Waals surface area contributed by atoms with E-state index >= 15 is 0 Å². The quantitative estimate of drug-likeness (QED) is 0.752. The molecule has 18 heavy (non-hydrogen) atoms. The second kappa shape index (κ2) is 6.54. The summed E-state index contributed by atoms with van der Waals surface area (Å²) in [7, 11) is 0. The van der Waals surface area contributed by atoms with E-state index in [1.54, 1.807) is 6.20 Å². The third kappa shape index (κ3) is 3.57. The Balaban J connectivity index is 2.75. The summed E-state index contributed by atoms with van der Waals surface area (Å²) in [5.74, 6) is -0.203. The van der Waals surface area contributed by atoms with Crippen LogP contribution in [0, 0.1) is 0 Å². The fourth-order valence-electron chi connectivity index (χ4n) is 2.13. The minimum absolute atomic E-state index is 0.133. The molecule has 1 heterocycles. The lowest BCUT2D eigenvalue weighted by Gasteiger charge is -2.30. The van der Waals surface area contributed by atoms with Gasteiger partial charge in [-0.05, 0) is 39.8 Å². The highest BCUT2D eigenvalue weighted by Crippen LogP contribution is 2.21. The second-order valence-corrected chi connectivity index (χ2v) is 4.62. The Morgan fingerprint density at radius 1 is 1.56 bits per heavy atom. The lowest BCUT2D eigenvalue weighted by Crippen LogP contribution is -2.51. The van der Waals surface area contributed by atoms with E-state index in [0.29, 0.717) is 13.0 Å². The molecule has 102 valence electrons. The highest BCUT2D eigenvalue weighted by molar-refractivity contribution is 5.80. The van der Waals surface area contributed by atoms with Crippen molar-refractivity contribution in [2.24, 2.45) is 0 Å². The van der Waals surface area contributed by atoms with Gasteiger partial charge in [0, 0.05) is 12.4 Å². The summed E-state index contributed by atoms with van der Waals surface area (Å²) in [5, 5.41) is 7.42. The van der Waals surface area contributed by atoms with E-state index in [4.69, 9.17) is 4.74 Å². The number of hydrogen-bond donors (Lipinski definition) is 1. The van der Waals surface area contributed by atoms with E-state index < -0.39 is 5.54 Å². The van der Waals surface area contributed by atoms with Crippen LogP contribution in [0.2, 0.25) is 0 Å². The van der Waals surface area contributed by atoms with Crippen molar-refractivity contribution in [2.45, 2.75) is 45.7 Å². The van der Waals surface area contributed by atoms with Gasteiger partial charge in [0.15, 0.2) is 0 Å². The predicted molar refractivity (Wildman–Crippen MR) is 70.3 cm³/mol. The van der Waals surface area contributed by atoms with Crippen LogP contribution in [0.1, 0.15) is 40.2 Å². The maximum Gasteiger partial charge on any atom is 0.326 e. The number of hydrogen-bond acceptors (Lipinski definition) is 4. The van der Waals surface area contributed by atoms with Crippen LogP contribution in [0.3, 0.4) is 0 Å². The van der Waals surface area contributed by atoms with Crippen molar-refractivity contribution in [3.8, 4) is 0 Å². The van der Waals surface area contributed by atoms with Crippen LogP contribution in [0.4, 0.5) is 0 Å². The van der Waals surface area contributed by atoms with E-state index in [0.717, 1.165) is 6.54 Å². The maximum atomic E-state index is 12.0. The summed E-state index contributed by atoms with van der Waals surface area (Å²) in [5.41, 5.74) is -0.671. The number of likely N-dealkylation sites (N-methyl/N-ethyl adjacent to an activating group) is 1. The van der Waals surface area contributed by atoms with Gasteiger partial charge in [-0.1, -0.05) is 6.92 Å². The molecule has 2 unspecified atom stereocenters. The first-order chi connectivity index (χ1) is 8.53. The molecule has 0 bridgehead atoms. The van der Waals surface area contributed by atoms with E-state index in [2.05, 4.69) is 10.4 Å². The maximum absolute atomic E-state index is 12.0. The number of carbonyl (C=O) groups excluding carboxylic acids is 1. The summed E-state index contributed by atoms with van der Waals surface area (Å²) in [6.45, 7) is 8.85. The molecule has 0 aliphatic heterocycles. The van der Waals surface area contributed by atoms with Gasteiger partial charge in [0.05, 0.1) is 12.6 Å². The Kier molecular flexibility index (Phi) is 5.34. The molecule has 5 heteroatoms. The number of rotatable bonds is 7. The standard InChI is InChI=1S/C13H23N3O2/c1-5-14-13(4,12(17)18-6-2)10-11(3)16-9-7-8-15-16/h7-9,11,14H,5-6,10H2,1-4H3. The lowest BCUT2D eigenvalue weighted by molar-refractivity contribution is -0.151. The Hall–Kier alpha value is -1.36. The molecule has 1 aromatic heterocycles. The number of esters is 1. The van der Waals surface area contributed by atoms with E-state index in [1.807, 2.05) is 44.6 Å². The molecule has 0 spiro atoms. The van der Waals surface area contributed by atoms with Crippen LogP contribution in [-0.2, 0) is 9.53 Å². The van der Waals surface area contributed by atoms with Gasteiger partial charge >= 0.3 is 5.97 Å². The van der Waals surface area contributed by atoms with Gasteiger partial charge in [0.25, 0.3) is 0 Å². The molecule has 1 N–H and O–H groups in total. The van der Waals surface area contributed by atoms with Gasteiger partial charge in [-0.2, -0.15) is 5.10 Å². The summed E-state index contributed by atoms with van der Waals surface area (Å²) >= 11 is 0. The zero-order valence-corrected chi connectivity index (χ0v) is 11.6. The minimum atomic E-state index is -0.671. The molecule has 0 saturated carbocycles. The molecule has 0 aliphatic carbocycles. The Morgan fingerprint density at radius 2 is 2.28 bits per heavy atom. The number of nitrogens with one attached hydrogen (secondary N) is 1. The van der Waals surface area contributed by atoms with E-state index in [-0.39, 0.29) is 12.0 Å². The average molecular weight is 253 g/mol. The van der Waals surface area contributed by atoms with Crippen LogP contribution in [0.5, 0.6) is 0 Å². The third-order valence-corrected chi connectivity index (χ3v) is 2.97. The second-order valence-electron chi connectivity index (χ2n) is 4.62. The van der Waals surface area contributed by atoms with Crippen molar-refractivity contribution < 1.29 is 9.53 Å². The van der Waals surface area contributed by atoms with Crippen LogP contribution in [-0.4, -0.2) is 34.4 Å². The largest absolute Gasteiger partial charge is 0.465 e. The molecule has 0 saturated heterocycles. The van der Waals surface area contributed by atoms with E-state index in [1.165, 1.54) is 0 Å². The number of aromatic nitrogens is 2. The summed E-state index contributed by atoms with van der Waals surface area (Å²) in [4.78, 5) is 12.0. The number of carbonyl (C=O) groups is 1. The monoisotopic (exact) mass is 253 g/mol. The SMILES string of the molecule is CCNC(C)(CC(C)n1cccn1)C(=O)OCC. The predicted octanol–water partition coefficient (Wildman–Crippen LogP) is 1.77. The molecule has 0 amide bonds. The fourth-order valence-corrected chi connectivity index (χ4v) is 2.13. The topological polar surface area (TPSA) is 56.2 Å². The molecule has 1 aromatic rings. The molecular formula is C13H23N3O2. The normalized spacial score (nSPS) is 16.0. The van der Waals surface area contributed by atoms with Crippen LogP contribution in [0.25, 0.3) is 0 Å². The van der Waals surface area contributed by atoms with Crippen molar-refractivity contribution in [1.82, 2.24) is 15.1 Å². The molecule has 0 aromatic carbocycles. The summed E-state index contributed by atoms with van der Waals surface area (Å²) < 4.78 is 7.00. The van der Waals surface area contributed by atoms with Crippen molar-refractivity contribution in [1.29, 1.82) is 0 Å². The molecule has 0 radical (unpaired) electrons. The van der Waals surface area contributed by atoms with Gasteiger partial charge in [0.1, 0.15) is 5.54 Å². The lowest BCUT2D eigenvalue weighted by atomic mass is 9.93. The molecule has 0 fully saturated rings. The average Bonchev–Trinajstić information content (AvgIpc) is 2.83. The molecule has 1 rings (SSSR count). The Morgan fingerprint density at radius 3 is 2.78 bits per heavy atom. The summed E-state index contributed by atoms with van der Waals surface area (Å²) in [6.07, 6.45) is 4.29. The van der Waals surface area contributed by atoms with Gasteiger partial charge in [-0.3, -0.25) is 9.48 Å². The van der Waals surface area contributed by atoms with Gasteiger partial charge in [-0.15, -0.1) is 0 Å². The van der Waals surface area contributed by atoms with E-state index in [9.17, 15) is 4.79 Å². The van der Waals surface area contributed by atoms with Crippen LogP contribution in [0.15, 0.2) is 18.5 Å². The molecule has 0 aliphatic rings. The number of nitrogens with zero attached hydrogens (tertiary/aromatic N) is 2. The summed E-state index contributed by atoms with van der Waals surface area (Å²) in [6, 6.07) is 2.01. The third-order valence-electron chi connectivity index (χ3n) is 2.97. The highest BCUT2D eigenvalue weighted by Gasteiger charge is 2.35. The minimum Gasteiger partial charge on any atom is -0.465 e. The zero-order valence-electron chi connectivity index (χ0n) is 11.6. The van der Waals surface area contributed by atoms with Crippen molar-refractivity contribution in [3.63, 3.8) is 0 Å². The molecule has 5 nitrogen and oxygen atoms in total. The van der Waals surface area contributed by atoms with Crippen molar-refractivity contribution in [3.05, 3.63) is 18.5 Å². The van der Waals surface area contributed by atoms with Gasteiger partial charge in [0.2, 0.25) is 0 Å². The highest BCUT2D eigenvalue weighted by atomic mass is 16.5. The smallest absolute Gasteiger partial charge is 0.326 e. The van der Waals surface area contributed by atoms with Crippen LogP contribution < -0.4 is 5.32 Å². The number of ether oxygens (including phenoxy) is 1. The zero-order chi connectivity index (χ0) is 13.6. The van der Waals surface area contributed by atoms with Crippen LogP contribution >= 0.6 is 0 Å². The first-order valence-corrected chi connectivity index (χ1v) is 6.45. The first-order valence-electron chi connectivity index (χ1n) is 6.45. The van der Waals surface area contributed by atoms with Gasteiger partial charge in [-0.25, -0.2) is 0 Å². The fraction of sp³-hybridized carbons (Fsp3) is 0.692. The molecular weight excluding hydrogens is 230 g/mol. The van der Waals surface area contributed by atoms with Gasteiger partial charge < -0.3 is 10.1 Å². The molecule has 2 atom stereocenters. The van der Waals surface area contributed by atoms with Crippen molar-refractivity contribution >= 4 is 5.97 Å². The first kappa shape index (κ1) is 14.7. The Labute approximate surface area is 109 Å². The Bertz CT molecular complexity index is 364. The van der Waals surface area contributed by atoms with Crippen molar-refractivity contribution in [2.75, 3.05) is 13.2 Å².